The summed E-state index contributed by atoms with van der Waals surface area (Å²) in [4.78, 5) is 0. The van der Waals surface area contributed by atoms with E-state index in [1.165, 1.54) is 6.07 Å². The molecular weight excluding hydrogens is 244 g/mol. The molecule has 0 saturated heterocycles. The highest BCUT2D eigenvalue weighted by Crippen LogP contribution is 2.30. The molecule has 1 aromatic rings. The first-order valence-corrected chi connectivity index (χ1v) is 5.80. The number of alkyl halides is 3. The molecule has 2 N–H and O–H groups in total. The number of rotatable bonds is 2. The molecule has 18 heavy (non-hydrogen) atoms. The van der Waals surface area contributed by atoms with Crippen LogP contribution in [-0.4, -0.2) is 17.2 Å². The predicted octanol–water partition coefficient (Wildman–Crippen LogP) is 2.53. The first kappa shape index (κ1) is 17.0. The molecule has 0 aliphatic carbocycles. The van der Waals surface area contributed by atoms with E-state index in [2.05, 4.69) is 0 Å². The molecule has 0 aliphatic rings. The fourth-order valence-electron chi connectivity index (χ4n) is 1.40. The predicted molar refractivity (Wildman–Crippen MR) is 66.7 cm³/mol. The summed E-state index contributed by atoms with van der Waals surface area (Å²) in [5.74, 6) is -0.0500. The number of benzene rings is 1. The number of halogens is 3. The summed E-state index contributed by atoms with van der Waals surface area (Å²) >= 11 is 0. The smallest absolute Gasteiger partial charge is 0.423 e. The van der Waals surface area contributed by atoms with Crippen molar-refractivity contribution >= 4 is 12.6 Å². The van der Waals surface area contributed by atoms with Gasteiger partial charge in [0.2, 0.25) is 0 Å². The van der Waals surface area contributed by atoms with Crippen molar-refractivity contribution in [2.75, 3.05) is 0 Å². The van der Waals surface area contributed by atoms with Crippen LogP contribution in [0.1, 0.15) is 44.7 Å². The van der Waals surface area contributed by atoms with E-state index >= 15 is 0 Å². The van der Waals surface area contributed by atoms with Gasteiger partial charge in [0.1, 0.15) is 0 Å². The summed E-state index contributed by atoms with van der Waals surface area (Å²) in [5.41, 5.74) is -0.998. The quantitative estimate of drug-likeness (QED) is 0.804. The molecule has 0 bridgehead atoms. The molecule has 0 spiro atoms. The van der Waals surface area contributed by atoms with Gasteiger partial charge in [-0.1, -0.05) is 39.8 Å². The Morgan fingerprint density at radius 2 is 1.61 bits per heavy atom. The minimum absolute atomic E-state index is 0.0500. The maximum absolute atomic E-state index is 12.6. The van der Waals surface area contributed by atoms with E-state index in [1.54, 1.807) is 13.8 Å². The van der Waals surface area contributed by atoms with E-state index in [0.29, 0.717) is 5.56 Å². The van der Waals surface area contributed by atoms with Crippen LogP contribution in [0.5, 0.6) is 0 Å². The minimum atomic E-state index is -4.58. The zero-order valence-corrected chi connectivity index (χ0v) is 10.9. The molecule has 0 heterocycles. The Bertz CT molecular complexity index is 376. The fourth-order valence-corrected chi connectivity index (χ4v) is 1.40. The first-order chi connectivity index (χ1) is 8.23. The topological polar surface area (TPSA) is 40.5 Å². The Balaban J connectivity index is 0.00000137. The normalized spacial score (nSPS) is 11.0. The molecule has 0 unspecified atom stereocenters. The van der Waals surface area contributed by atoms with Gasteiger partial charge in [0.05, 0.1) is 5.56 Å². The van der Waals surface area contributed by atoms with E-state index in [0.717, 1.165) is 12.1 Å². The Kier molecular flexibility index (Phi) is 6.42. The third kappa shape index (κ3) is 4.35. The van der Waals surface area contributed by atoms with E-state index in [1.807, 2.05) is 13.8 Å². The average Bonchev–Trinajstić information content (AvgIpc) is 2.29. The summed E-state index contributed by atoms with van der Waals surface area (Å²) in [6, 6.07) is 3.52. The molecular formula is C12H18BF3O2. The SMILES string of the molecule is CC.CC(C)c1ccc(B(O)O)c(C(F)(F)F)c1. The van der Waals surface area contributed by atoms with Crippen molar-refractivity contribution in [2.24, 2.45) is 0 Å². The Labute approximate surface area is 106 Å². The third-order valence-corrected chi connectivity index (χ3v) is 2.33. The molecule has 0 aromatic heterocycles. The van der Waals surface area contributed by atoms with Crippen LogP contribution >= 0.6 is 0 Å². The van der Waals surface area contributed by atoms with Gasteiger partial charge in [-0.15, -0.1) is 0 Å². The van der Waals surface area contributed by atoms with E-state index in [4.69, 9.17) is 10.0 Å². The number of hydrogen-bond donors (Lipinski definition) is 2. The van der Waals surface area contributed by atoms with Crippen LogP contribution in [0.15, 0.2) is 18.2 Å². The molecule has 0 aliphatic heterocycles. The van der Waals surface area contributed by atoms with Crippen LogP contribution in [-0.2, 0) is 6.18 Å². The van der Waals surface area contributed by atoms with Crippen molar-refractivity contribution in [3.8, 4) is 0 Å². The highest BCUT2D eigenvalue weighted by Gasteiger charge is 2.36. The second-order valence-electron chi connectivity index (χ2n) is 3.87. The third-order valence-electron chi connectivity index (χ3n) is 2.33. The Hall–Kier alpha value is -1.01. The van der Waals surface area contributed by atoms with Gasteiger partial charge in [0.15, 0.2) is 0 Å². The highest BCUT2D eigenvalue weighted by molar-refractivity contribution is 6.59. The molecule has 1 aromatic carbocycles. The summed E-state index contributed by atoms with van der Waals surface area (Å²) in [7, 11) is -2.11. The Morgan fingerprint density at radius 3 is 1.94 bits per heavy atom. The van der Waals surface area contributed by atoms with Crippen LogP contribution < -0.4 is 5.46 Å². The van der Waals surface area contributed by atoms with Crippen LogP contribution in [0, 0.1) is 0 Å². The summed E-state index contributed by atoms with van der Waals surface area (Å²) in [5, 5.41) is 17.7. The lowest BCUT2D eigenvalue weighted by molar-refractivity contribution is -0.136. The zero-order chi connectivity index (χ0) is 14.5. The van der Waals surface area contributed by atoms with Gasteiger partial charge in [-0.05, 0) is 23.0 Å². The molecule has 6 heteroatoms. The summed E-state index contributed by atoms with van der Waals surface area (Å²) in [6.45, 7) is 7.54. The first-order valence-electron chi connectivity index (χ1n) is 5.80. The molecule has 102 valence electrons. The second-order valence-corrected chi connectivity index (χ2v) is 3.87. The highest BCUT2D eigenvalue weighted by atomic mass is 19.4. The Morgan fingerprint density at radius 1 is 1.11 bits per heavy atom. The molecule has 0 fully saturated rings. The lowest BCUT2D eigenvalue weighted by Gasteiger charge is -2.15. The van der Waals surface area contributed by atoms with Crippen molar-refractivity contribution < 1.29 is 23.2 Å². The molecule has 0 atom stereocenters. The van der Waals surface area contributed by atoms with Crippen LogP contribution in [0.4, 0.5) is 13.2 Å². The minimum Gasteiger partial charge on any atom is -0.423 e. The van der Waals surface area contributed by atoms with Crippen LogP contribution in [0.2, 0.25) is 0 Å². The van der Waals surface area contributed by atoms with Crippen molar-refractivity contribution in [3.05, 3.63) is 29.3 Å². The largest absolute Gasteiger partial charge is 0.489 e. The maximum Gasteiger partial charge on any atom is 0.489 e. The van der Waals surface area contributed by atoms with Gasteiger partial charge in [0, 0.05) is 0 Å². The molecule has 0 radical (unpaired) electrons. The van der Waals surface area contributed by atoms with Gasteiger partial charge in [-0.2, -0.15) is 13.2 Å². The van der Waals surface area contributed by atoms with Gasteiger partial charge in [-0.3, -0.25) is 0 Å². The average molecular weight is 262 g/mol. The van der Waals surface area contributed by atoms with Gasteiger partial charge < -0.3 is 10.0 Å². The van der Waals surface area contributed by atoms with Crippen LogP contribution in [0.3, 0.4) is 0 Å². The van der Waals surface area contributed by atoms with E-state index in [-0.39, 0.29) is 5.92 Å². The molecule has 2 nitrogen and oxygen atoms in total. The van der Waals surface area contributed by atoms with Crippen molar-refractivity contribution in [3.63, 3.8) is 0 Å². The molecule has 0 saturated carbocycles. The second kappa shape index (κ2) is 6.80. The van der Waals surface area contributed by atoms with Gasteiger partial charge >= 0.3 is 13.3 Å². The number of hydrogen-bond acceptors (Lipinski definition) is 2. The van der Waals surface area contributed by atoms with Crippen LogP contribution in [0.25, 0.3) is 0 Å². The van der Waals surface area contributed by atoms with Crippen molar-refractivity contribution in [1.82, 2.24) is 0 Å². The maximum atomic E-state index is 12.6. The molecule has 0 amide bonds. The standard InChI is InChI=1S/C10H12BF3O2.C2H6/c1-6(2)7-3-4-9(11(15)16)8(5-7)10(12,13)14;1-2/h3-6,15-16H,1-2H3;1-2H3. The van der Waals surface area contributed by atoms with Gasteiger partial charge in [0.25, 0.3) is 0 Å². The van der Waals surface area contributed by atoms with Crippen molar-refractivity contribution in [1.29, 1.82) is 0 Å². The van der Waals surface area contributed by atoms with Crippen molar-refractivity contribution in [2.45, 2.75) is 39.8 Å². The van der Waals surface area contributed by atoms with E-state index in [9.17, 15) is 13.2 Å². The lowest BCUT2D eigenvalue weighted by Crippen LogP contribution is -2.36. The summed E-state index contributed by atoms with van der Waals surface area (Å²) < 4.78 is 37.9. The van der Waals surface area contributed by atoms with Gasteiger partial charge in [-0.25, -0.2) is 0 Å². The zero-order valence-electron chi connectivity index (χ0n) is 10.9. The monoisotopic (exact) mass is 262 g/mol. The lowest BCUT2D eigenvalue weighted by atomic mass is 9.75. The molecule has 1 rings (SSSR count). The fraction of sp³-hybridized carbons (Fsp3) is 0.500. The van der Waals surface area contributed by atoms with E-state index < -0.39 is 24.3 Å². The summed E-state index contributed by atoms with van der Waals surface area (Å²) in [6.07, 6.45) is -4.58.